The predicted octanol–water partition coefficient (Wildman–Crippen LogP) is 1.69. The third-order valence-corrected chi connectivity index (χ3v) is 2.11. The maximum atomic E-state index is 10.7. The van der Waals surface area contributed by atoms with E-state index < -0.39 is 0 Å². The molecule has 0 unspecified atom stereocenters. The van der Waals surface area contributed by atoms with Crippen LogP contribution >= 0.6 is 0 Å². The molecule has 15 heavy (non-hydrogen) atoms. The highest BCUT2D eigenvalue weighted by Crippen LogP contribution is 2.13. The van der Waals surface area contributed by atoms with E-state index in [1.165, 1.54) is 0 Å². The van der Waals surface area contributed by atoms with Gasteiger partial charge in [-0.3, -0.25) is 4.79 Å². The molecule has 0 radical (unpaired) electrons. The summed E-state index contributed by atoms with van der Waals surface area (Å²) in [7, 11) is 1.56. The molecule has 4 heteroatoms. The second kappa shape index (κ2) is 3.96. The number of carbonyl (C=O) groups excluding carboxylic acids is 1. The van der Waals surface area contributed by atoms with Gasteiger partial charge in [0.25, 0.3) is 0 Å². The Kier molecular flexibility index (Phi) is 2.49. The van der Waals surface area contributed by atoms with Gasteiger partial charge in [0.05, 0.1) is 24.7 Å². The third-order valence-electron chi connectivity index (χ3n) is 2.11. The molecule has 0 N–H and O–H groups in total. The summed E-state index contributed by atoms with van der Waals surface area (Å²) in [6.07, 6.45) is 4.28. The second-order valence-corrected chi connectivity index (χ2v) is 2.98. The highest BCUT2D eigenvalue weighted by Gasteiger charge is 2.02. The van der Waals surface area contributed by atoms with Gasteiger partial charge in [0.2, 0.25) is 5.88 Å². The van der Waals surface area contributed by atoms with Crippen LogP contribution in [-0.2, 0) is 0 Å². The molecule has 4 nitrogen and oxygen atoms in total. The summed E-state index contributed by atoms with van der Waals surface area (Å²) in [5, 5.41) is 0. The van der Waals surface area contributed by atoms with E-state index in [4.69, 9.17) is 4.74 Å². The lowest BCUT2D eigenvalue weighted by molar-refractivity contribution is 0.111. The molecular formula is C11H10N2O2. The normalized spacial score (nSPS) is 9.93. The molecule has 2 heterocycles. The molecule has 2 aromatic heterocycles. The van der Waals surface area contributed by atoms with E-state index >= 15 is 0 Å². The molecule has 0 spiro atoms. The summed E-state index contributed by atoms with van der Waals surface area (Å²) in [6, 6.07) is 7.16. The summed E-state index contributed by atoms with van der Waals surface area (Å²) in [5.41, 5.74) is 1.44. The first-order valence-corrected chi connectivity index (χ1v) is 4.48. The summed E-state index contributed by atoms with van der Waals surface area (Å²) >= 11 is 0. The molecule has 2 aromatic rings. The van der Waals surface area contributed by atoms with Crippen molar-refractivity contribution in [1.29, 1.82) is 0 Å². The van der Waals surface area contributed by atoms with E-state index in [0.29, 0.717) is 11.6 Å². The first kappa shape index (κ1) is 9.45. The molecule has 0 aliphatic heterocycles. The van der Waals surface area contributed by atoms with Crippen LogP contribution < -0.4 is 4.74 Å². The Morgan fingerprint density at radius 3 is 2.87 bits per heavy atom. The Morgan fingerprint density at radius 2 is 2.27 bits per heavy atom. The van der Waals surface area contributed by atoms with Crippen LogP contribution in [0.25, 0.3) is 5.69 Å². The molecule has 0 bridgehead atoms. The zero-order valence-electron chi connectivity index (χ0n) is 8.25. The quantitative estimate of drug-likeness (QED) is 0.711. The first-order chi connectivity index (χ1) is 7.35. The number of methoxy groups -OCH3 is 1. The average molecular weight is 202 g/mol. The van der Waals surface area contributed by atoms with Gasteiger partial charge in [0.15, 0.2) is 6.29 Å². The number of hydrogen-bond acceptors (Lipinski definition) is 3. The van der Waals surface area contributed by atoms with Gasteiger partial charge in [-0.05, 0) is 18.2 Å². The molecule has 2 rings (SSSR count). The van der Waals surface area contributed by atoms with Gasteiger partial charge in [-0.2, -0.15) is 0 Å². The molecular weight excluding hydrogens is 192 g/mol. The Labute approximate surface area is 87.1 Å². The van der Waals surface area contributed by atoms with Gasteiger partial charge >= 0.3 is 0 Å². The molecule has 0 aliphatic rings. The van der Waals surface area contributed by atoms with Gasteiger partial charge in [-0.15, -0.1) is 0 Å². The van der Waals surface area contributed by atoms with Crippen molar-refractivity contribution in [3.8, 4) is 11.6 Å². The topological polar surface area (TPSA) is 44.1 Å². The van der Waals surface area contributed by atoms with Crippen LogP contribution in [-0.4, -0.2) is 22.9 Å². The lowest BCUT2D eigenvalue weighted by Crippen LogP contribution is -1.98. The molecule has 0 atom stereocenters. The Balaban J connectivity index is 2.41. The van der Waals surface area contributed by atoms with Crippen LogP contribution in [0, 0.1) is 0 Å². The zero-order chi connectivity index (χ0) is 10.7. The van der Waals surface area contributed by atoms with Crippen LogP contribution in [0.1, 0.15) is 10.5 Å². The van der Waals surface area contributed by atoms with Crippen LogP contribution in [0.2, 0.25) is 0 Å². The Hall–Kier alpha value is -2.10. The fourth-order valence-electron chi connectivity index (χ4n) is 1.36. The smallest absolute Gasteiger partial charge is 0.213 e. The monoisotopic (exact) mass is 202 g/mol. The summed E-state index contributed by atoms with van der Waals surface area (Å²) in [5.74, 6) is 0.554. The van der Waals surface area contributed by atoms with Gasteiger partial charge in [-0.25, -0.2) is 4.98 Å². The molecule has 0 amide bonds. The number of aldehydes is 1. The molecule has 0 fully saturated rings. The number of rotatable bonds is 3. The maximum absolute atomic E-state index is 10.7. The number of ether oxygens (including phenoxy) is 1. The van der Waals surface area contributed by atoms with Crippen molar-refractivity contribution in [3.05, 3.63) is 42.4 Å². The number of hydrogen-bond donors (Lipinski definition) is 0. The standard InChI is InChI=1S/C11H10N2O2/c1-15-11-5-4-9(7-12-11)13-6-2-3-10(13)8-14/h2-8H,1H3. The van der Waals surface area contributed by atoms with Crippen molar-refractivity contribution in [2.24, 2.45) is 0 Å². The second-order valence-electron chi connectivity index (χ2n) is 2.98. The minimum Gasteiger partial charge on any atom is -0.481 e. The fraction of sp³-hybridized carbons (Fsp3) is 0.0909. The highest BCUT2D eigenvalue weighted by molar-refractivity contribution is 5.73. The third kappa shape index (κ3) is 1.74. The van der Waals surface area contributed by atoms with Crippen LogP contribution in [0.3, 0.4) is 0 Å². The number of pyridine rings is 1. The Bertz CT molecular complexity index is 460. The SMILES string of the molecule is COc1ccc(-n2cccc2C=O)cn1. The van der Waals surface area contributed by atoms with Crippen LogP contribution in [0.4, 0.5) is 0 Å². The van der Waals surface area contributed by atoms with E-state index in [2.05, 4.69) is 4.98 Å². The number of carbonyl (C=O) groups is 1. The van der Waals surface area contributed by atoms with E-state index in [1.807, 2.05) is 18.3 Å². The summed E-state index contributed by atoms with van der Waals surface area (Å²) < 4.78 is 6.72. The van der Waals surface area contributed by atoms with Gasteiger partial charge in [-0.1, -0.05) is 0 Å². The average Bonchev–Trinajstić information content (AvgIpc) is 2.77. The molecule has 0 saturated heterocycles. The minimum atomic E-state index is 0.554. The summed E-state index contributed by atoms with van der Waals surface area (Å²) in [6.45, 7) is 0. The minimum absolute atomic E-state index is 0.554. The van der Waals surface area contributed by atoms with Crippen molar-refractivity contribution < 1.29 is 9.53 Å². The van der Waals surface area contributed by atoms with Crippen molar-refractivity contribution in [1.82, 2.24) is 9.55 Å². The van der Waals surface area contributed by atoms with Crippen molar-refractivity contribution in [2.45, 2.75) is 0 Å². The Morgan fingerprint density at radius 1 is 1.40 bits per heavy atom. The maximum Gasteiger partial charge on any atom is 0.213 e. The molecule has 0 saturated carbocycles. The first-order valence-electron chi connectivity index (χ1n) is 4.48. The molecule has 0 aliphatic carbocycles. The van der Waals surface area contributed by atoms with Crippen molar-refractivity contribution >= 4 is 6.29 Å². The van der Waals surface area contributed by atoms with Crippen LogP contribution in [0.5, 0.6) is 5.88 Å². The summed E-state index contributed by atoms with van der Waals surface area (Å²) in [4.78, 5) is 14.8. The zero-order valence-corrected chi connectivity index (χ0v) is 8.25. The van der Waals surface area contributed by atoms with E-state index in [-0.39, 0.29) is 0 Å². The van der Waals surface area contributed by atoms with E-state index in [1.54, 1.807) is 30.0 Å². The van der Waals surface area contributed by atoms with Crippen molar-refractivity contribution in [3.63, 3.8) is 0 Å². The van der Waals surface area contributed by atoms with Gasteiger partial charge in [0, 0.05) is 12.3 Å². The largest absolute Gasteiger partial charge is 0.481 e. The van der Waals surface area contributed by atoms with Gasteiger partial charge < -0.3 is 9.30 Å². The highest BCUT2D eigenvalue weighted by atomic mass is 16.5. The molecule has 0 aromatic carbocycles. The van der Waals surface area contributed by atoms with Crippen molar-refractivity contribution in [2.75, 3.05) is 7.11 Å². The fourth-order valence-corrected chi connectivity index (χ4v) is 1.36. The van der Waals surface area contributed by atoms with Gasteiger partial charge in [0.1, 0.15) is 0 Å². The lowest BCUT2D eigenvalue weighted by Gasteiger charge is -2.05. The van der Waals surface area contributed by atoms with E-state index in [9.17, 15) is 4.79 Å². The number of aromatic nitrogens is 2. The predicted molar refractivity (Wildman–Crippen MR) is 55.5 cm³/mol. The van der Waals surface area contributed by atoms with Crippen LogP contribution in [0.15, 0.2) is 36.7 Å². The molecule has 76 valence electrons. The van der Waals surface area contributed by atoms with E-state index in [0.717, 1.165) is 12.0 Å². The number of nitrogens with zero attached hydrogens (tertiary/aromatic N) is 2. The lowest BCUT2D eigenvalue weighted by atomic mass is 10.4.